The van der Waals surface area contributed by atoms with Crippen molar-refractivity contribution in [2.75, 3.05) is 12.4 Å². The second-order valence-corrected chi connectivity index (χ2v) is 4.28. The summed E-state index contributed by atoms with van der Waals surface area (Å²) in [6.07, 6.45) is 0. The van der Waals surface area contributed by atoms with E-state index >= 15 is 0 Å². The summed E-state index contributed by atoms with van der Waals surface area (Å²) in [4.78, 5) is 11.4. The Bertz CT molecular complexity index is 661. The van der Waals surface area contributed by atoms with Gasteiger partial charge in [0.25, 0.3) is 0 Å². The summed E-state index contributed by atoms with van der Waals surface area (Å²) in [6, 6.07) is 7.85. The van der Waals surface area contributed by atoms with Crippen molar-refractivity contribution in [2.24, 2.45) is 0 Å². The smallest absolute Gasteiger partial charge is 0.330 e. The van der Waals surface area contributed by atoms with Gasteiger partial charge in [-0.2, -0.15) is 0 Å². The van der Waals surface area contributed by atoms with Crippen LogP contribution < -0.4 is 10.1 Å². The van der Waals surface area contributed by atoms with Gasteiger partial charge in [-0.1, -0.05) is 12.1 Å². The van der Waals surface area contributed by atoms with Gasteiger partial charge < -0.3 is 15.2 Å². The SMILES string of the molecule is COc1ccccc1NC(C(=O)O)c1cc(F)ccc1F. The molecule has 0 aliphatic heterocycles. The van der Waals surface area contributed by atoms with E-state index in [0.717, 1.165) is 18.2 Å². The van der Waals surface area contributed by atoms with Gasteiger partial charge in [0.2, 0.25) is 0 Å². The first-order valence-corrected chi connectivity index (χ1v) is 6.10. The number of carboxylic acids is 1. The van der Waals surface area contributed by atoms with Crippen LogP contribution in [0.4, 0.5) is 14.5 Å². The molecule has 2 N–H and O–H groups in total. The van der Waals surface area contributed by atoms with Crippen molar-refractivity contribution in [3.05, 3.63) is 59.7 Å². The third-order valence-corrected chi connectivity index (χ3v) is 2.92. The lowest BCUT2D eigenvalue weighted by Crippen LogP contribution is -2.22. The number of carboxylic acid groups (broad SMARTS) is 1. The maximum absolute atomic E-state index is 13.8. The minimum absolute atomic E-state index is 0.284. The predicted octanol–water partition coefficient (Wildman–Crippen LogP) is 3.21. The molecule has 1 unspecified atom stereocenters. The molecule has 0 aliphatic carbocycles. The first-order chi connectivity index (χ1) is 10.0. The van der Waals surface area contributed by atoms with Gasteiger partial charge in [-0.3, -0.25) is 0 Å². The molecule has 21 heavy (non-hydrogen) atoms. The fourth-order valence-electron chi connectivity index (χ4n) is 1.93. The molecule has 1 atom stereocenters. The van der Waals surface area contributed by atoms with Crippen molar-refractivity contribution in [3.8, 4) is 5.75 Å². The van der Waals surface area contributed by atoms with Crippen LogP contribution in [0.3, 0.4) is 0 Å². The van der Waals surface area contributed by atoms with E-state index in [1.807, 2.05) is 0 Å². The van der Waals surface area contributed by atoms with Crippen LogP contribution in [0.25, 0.3) is 0 Å². The Kier molecular flexibility index (Phi) is 4.37. The normalized spacial score (nSPS) is 11.8. The average Bonchev–Trinajstić information content (AvgIpc) is 2.47. The van der Waals surface area contributed by atoms with Gasteiger partial charge in [0.1, 0.15) is 17.4 Å². The third-order valence-electron chi connectivity index (χ3n) is 2.92. The van der Waals surface area contributed by atoms with E-state index in [0.29, 0.717) is 11.4 Å². The maximum atomic E-state index is 13.8. The molecular weight excluding hydrogens is 280 g/mol. The number of hydrogen-bond donors (Lipinski definition) is 2. The molecule has 0 bridgehead atoms. The van der Waals surface area contributed by atoms with Gasteiger partial charge in [0, 0.05) is 5.56 Å². The topological polar surface area (TPSA) is 58.6 Å². The Hall–Kier alpha value is -2.63. The first-order valence-electron chi connectivity index (χ1n) is 6.10. The molecule has 0 amide bonds. The lowest BCUT2D eigenvalue weighted by molar-refractivity contribution is -0.138. The van der Waals surface area contributed by atoms with Gasteiger partial charge in [-0.15, -0.1) is 0 Å². The minimum Gasteiger partial charge on any atom is -0.495 e. The highest BCUT2D eigenvalue weighted by molar-refractivity contribution is 5.80. The number of aliphatic carboxylic acids is 1. The van der Waals surface area contributed by atoms with Crippen LogP contribution in [-0.4, -0.2) is 18.2 Å². The largest absolute Gasteiger partial charge is 0.495 e. The van der Waals surface area contributed by atoms with Crippen molar-refractivity contribution >= 4 is 11.7 Å². The Balaban J connectivity index is 2.40. The highest BCUT2D eigenvalue weighted by Crippen LogP contribution is 2.29. The van der Waals surface area contributed by atoms with Crippen LogP contribution in [0.1, 0.15) is 11.6 Å². The number of halogens is 2. The number of anilines is 1. The molecular formula is C15H13F2NO3. The van der Waals surface area contributed by atoms with Crippen LogP contribution in [0.15, 0.2) is 42.5 Å². The maximum Gasteiger partial charge on any atom is 0.330 e. The molecule has 0 saturated heterocycles. The standard InChI is InChI=1S/C15H13F2NO3/c1-21-13-5-3-2-4-12(13)18-14(15(19)20)10-8-9(16)6-7-11(10)17/h2-8,14,18H,1H3,(H,19,20). The fraction of sp³-hybridized carbons (Fsp3) is 0.133. The summed E-state index contributed by atoms with van der Waals surface area (Å²) >= 11 is 0. The number of rotatable bonds is 5. The molecule has 2 aromatic rings. The number of para-hydroxylation sites is 2. The lowest BCUT2D eigenvalue weighted by Gasteiger charge is -2.18. The monoisotopic (exact) mass is 293 g/mol. The zero-order valence-corrected chi connectivity index (χ0v) is 11.1. The van der Waals surface area contributed by atoms with Gasteiger partial charge in [0.15, 0.2) is 6.04 Å². The summed E-state index contributed by atoms with van der Waals surface area (Å²) < 4.78 is 32.1. The van der Waals surface area contributed by atoms with E-state index < -0.39 is 23.6 Å². The fourth-order valence-corrected chi connectivity index (χ4v) is 1.93. The number of nitrogens with one attached hydrogen (secondary N) is 1. The molecule has 0 heterocycles. The summed E-state index contributed by atoms with van der Waals surface area (Å²) in [7, 11) is 1.43. The number of methoxy groups -OCH3 is 1. The van der Waals surface area contributed by atoms with Crippen molar-refractivity contribution < 1.29 is 23.4 Å². The number of carbonyl (C=O) groups is 1. The molecule has 0 aromatic heterocycles. The Morgan fingerprint density at radius 3 is 2.62 bits per heavy atom. The molecule has 0 saturated carbocycles. The quantitative estimate of drug-likeness (QED) is 0.888. The number of ether oxygens (including phenoxy) is 1. The summed E-state index contributed by atoms with van der Waals surface area (Å²) in [5.41, 5.74) is 0.0875. The summed E-state index contributed by atoms with van der Waals surface area (Å²) in [5, 5.41) is 11.9. The minimum atomic E-state index is -1.43. The molecule has 0 spiro atoms. The van der Waals surface area contributed by atoms with Crippen LogP contribution in [-0.2, 0) is 4.79 Å². The van der Waals surface area contributed by atoms with E-state index in [9.17, 15) is 18.7 Å². The molecule has 0 radical (unpaired) electrons. The van der Waals surface area contributed by atoms with Crippen molar-refractivity contribution in [2.45, 2.75) is 6.04 Å². The summed E-state index contributed by atoms with van der Waals surface area (Å²) in [5.74, 6) is -2.43. The summed E-state index contributed by atoms with van der Waals surface area (Å²) in [6.45, 7) is 0. The zero-order valence-electron chi connectivity index (χ0n) is 11.1. The number of benzene rings is 2. The van der Waals surface area contributed by atoms with Gasteiger partial charge in [-0.05, 0) is 30.3 Å². The van der Waals surface area contributed by atoms with Gasteiger partial charge >= 0.3 is 5.97 Å². The zero-order chi connectivity index (χ0) is 15.4. The molecule has 2 aromatic carbocycles. The average molecular weight is 293 g/mol. The van der Waals surface area contributed by atoms with Gasteiger partial charge in [-0.25, -0.2) is 13.6 Å². The molecule has 2 rings (SSSR count). The van der Waals surface area contributed by atoms with Crippen LogP contribution in [0.5, 0.6) is 5.75 Å². The van der Waals surface area contributed by atoms with E-state index in [1.165, 1.54) is 7.11 Å². The molecule has 0 aliphatic rings. The van der Waals surface area contributed by atoms with E-state index in [2.05, 4.69) is 5.32 Å². The van der Waals surface area contributed by atoms with Crippen molar-refractivity contribution in [1.82, 2.24) is 0 Å². The van der Waals surface area contributed by atoms with Crippen LogP contribution >= 0.6 is 0 Å². The van der Waals surface area contributed by atoms with Crippen LogP contribution in [0.2, 0.25) is 0 Å². The Morgan fingerprint density at radius 2 is 1.95 bits per heavy atom. The molecule has 110 valence electrons. The first kappa shape index (κ1) is 14.8. The molecule has 0 fully saturated rings. The van der Waals surface area contributed by atoms with Crippen molar-refractivity contribution in [3.63, 3.8) is 0 Å². The van der Waals surface area contributed by atoms with Crippen molar-refractivity contribution in [1.29, 1.82) is 0 Å². The lowest BCUT2D eigenvalue weighted by atomic mass is 10.1. The number of hydrogen-bond acceptors (Lipinski definition) is 3. The highest BCUT2D eigenvalue weighted by atomic mass is 19.1. The van der Waals surface area contributed by atoms with E-state index in [1.54, 1.807) is 24.3 Å². The molecule has 6 heteroatoms. The van der Waals surface area contributed by atoms with E-state index in [-0.39, 0.29) is 5.56 Å². The van der Waals surface area contributed by atoms with E-state index in [4.69, 9.17) is 4.74 Å². The van der Waals surface area contributed by atoms with Gasteiger partial charge in [0.05, 0.1) is 12.8 Å². The van der Waals surface area contributed by atoms with Crippen LogP contribution in [0, 0.1) is 11.6 Å². The Morgan fingerprint density at radius 1 is 1.24 bits per heavy atom. The second-order valence-electron chi connectivity index (χ2n) is 4.28. The highest BCUT2D eigenvalue weighted by Gasteiger charge is 2.24. The third kappa shape index (κ3) is 3.28. The predicted molar refractivity (Wildman–Crippen MR) is 73.4 cm³/mol. The molecule has 4 nitrogen and oxygen atoms in total. The Labute approximate surface area is 120 Å². The second kappa shape index (κ2) is 6.21.